The Morgan fingerprint density at radius 2 is 2.04 bits per heavy atom. The number of ether oxygens (including phenoxy) is 1. The maximum Gasteiger partial charge on any atom is 0.260 e. The van der Waals surface area contributed by atoms with E-state index >= 15 is 0 Å². The zero-order valence-electron chi connectivity index (χ0n) is 14.8. The van der Waals surface area contributed by atoms with Gasteiger partial charge in [-0.15, -0.1) is 0 Å². The number of amides is 1. The van der Waals surface area contributed by atoms with Crippen molar-refractivity contribution in [3.63, 3.8) is 0 Å². The molecule has 0 spiro atoms. The van der Waals surface area contributed by atoms with Gasteiger partial charge < -0.3 is 10.1 Å². The summed E-state index contributed by atoms with van der Waals surface area (Å²) in [5, 5.41) is 3.68. The molecule has 0 aliphatic carbocycles. The minimum Gasteiger partial charge on any atom is -0.481 e. The van der Waals surface area contributed by atoms with Crippen LogP contribution in [0.2, 0.25) is 5.02 Å². The van der Waals surface area contributed by atoms with Crippen molar-refractivity contribution < 1.29 is 9.53 Å². The van der Waals surface area contributed by atoms with Gasteiger partial charge in [0.25, 0.3) is 5.91 Å². The van der Waals surface area contributed by atoms with Crippen molar-refractivity contribution in [3.05, 3.63) is 64.2 Å². The Kier molecular flexibility index (Phi) is 7.66. The molecule has 2 rings (SSSR count). The zero-order chi connectivity index (χ0) is 18.2. The molecule has 1 atom stereocenters. The number of nitrogens with one attached hydrogen (secondary N) is 1. The average molecular weight is 378 g/mol. The summed E-state index contributed by atoms with van der Waals surface area (Å²) < 4.78 is 5.79. The number of carbonyl (C=O) groups excluding carboxylic acids is 1. The summed E-state index contributed by atoms with van der Waals surface area (Å²) in [5.74, 6) is 2.39. The molecule has 0 aliphatic rings. The molecule has 0 radical (unpaired) electrons. The fourth-order valence-electron chi connectivity index (χ4n) is 2.29. The molecule has 0 saturated carbocycles. The Morgan fingerprint density at radius 1 is 1.24 bits per heavy atom. The first-order valence-corrected chi connectivity index (χ1v) is 9.83. The van der Waals surface area contributed by atoms with E-state index in [4.69, 9.17) is 16.3 Å². The van der Waals surface area contributed by atoms with Crippen molar-refractivity contribution in [1.29, 1.82) is 0 Å². The normalized spacial score (nSPS) is 11.8. The van der Waals surface area contributed by atoms with Crippen LogP contribution in [0.1, 0.15) is 23.6 Å². The van der Waals surface area contributed by atoms with E-state index in [1.807, 2.05) is 50.2 Å². The summed E-state index contributed by atoms with van der Waals surface area (Å²) in [5.41, 5.74) is 3.34. The first-order valence-electron chi connectivity index (χ1n) is 8.29. The molecule has 0 aliphatic heterocycles. The highest BCUT2D eigenvalue weighted by Gasteiger charge is 2.15. The number of hydrogen-bond acceptors (Lipinski definition) is 3. The summed E-state index contributed by atoms with van der Waals surface area (Å²) >= 11 is 7.73. The van der Waals surface area contributed by atoms with Crippen LogP contribution in [0.15, 0.2) is 42.5 Å². The number of hydrogen-bond donors (Lipinski definition) is 1. The third kappa shape index (κ3) is 6.63. The van der Waals surface area contributed by atoms with Crippen molar-refractivity contribution in [2.45, 2.75) is 32.6 Å². The van der Waals surface area contributed by atoms with Crippen LogP contribution in [0.5, 0.6) is 5.75 Å². The van der Waals surface area contributed by atoms with Gasteiger partial charge >= 0.3 is 0 Å². The smallest absolute Gasteiger partial charge is 0.260 e. The van der Waals surface area contributed by atoms with Crippen LogP contribution >= 0.6 is 23.4 Å². The van der Waals surface area contributed by atoms with Crippen LogP contribution < -0.4 is 10.1 Å². The quantitative estimate of drug-likeness (QED) is 0.673. The highest BCUT2D eigenvalue weighted by Crippen LogP contribution is 2.20. The third-order valence-corrected chi connectivity index (χ3v) is 4.99. The SMILES string of the molecule is Cc1ccc(C)c(O[C@@H](C)C(=O)NCCSCc2cccc(Cl)c2)c1. The van der Waals surface area contributed by atoms with Crippen LogP contribution in [0.25, 0.3) is 0 Å². The Balaban J connectivity index is 1.70. The largest absolute Gasteiger partial charge is 0.481 e. The van der Waals surface area contributed by atoms with Crippen molar-refractivity contribution >= 4 is 29.3 Å². The molecule has 3 nitrogen and oxygen atoms in total. The van der Waals surface area contributed by atoms with E-state index < -0.39 is 6.10 Å². The minimum atomic E-state index is -0.515. The van der Waals surface area contributed by atoms with Gasteiger partial charge in [-0.25, -0.2) is 0 Å². The van der Waals surface area contributed by atoms with Crippen LogP contribution in [0.3, 0.4) is 0 Å². The Morgan fingerprint density at radius 3 is 2.80 bits per heavy atom. The van der Waals surface area contributed by atoms with Gasteiger partial charge in [0.05, 0.1) is 0 Å². The lowest BCUT2D eigenvalue weighted by Gasteiger charge is -2.16. The lowest BCUT2D eigenvalue weighted by Crippen LogP contribution is -2.37. The second-order valence-corrected chi connectivity index (χ2v) is 7.54. The van der Waals surface area contributed by atoms with E-state index in [0.717, 1.165) is 33.4 Å². The van der Waals surface area contributed by atoms with Gasteiger partial charge in [-0.3, -0.25) is 4.79 Å². The predicted molar refractivity (Wildman–Crippen MR) is 107 cm³/mol. The Labute approximate surface area is 159 Å². The third-order valence-electron chi connectivity index (χ3n) is 3.72. The van der Waals surface area contributed by atoms with E-state index in [1.54, 1.807) is 18.7 Å². The lowest BCUT2D eigenvalue weighted by atomic mass is 10.1. The summed E-state index contributed by atoms with van der Waals surface area (Å²) in [4.78, 5) is 12.2. The lowest BCUT2D eigenvalue weighted by molar-refractivity contribution is -0.127. The molecule has 25 heavy (non-hydrogen) atoms. The summed E-state index contributed by atoms with van der Waals surface area (Å²) in [6.07, 6.45) is -0.515. The second-order valence-electron chi connectivity index (χ2n) is 6.00. The molecular weight excluding hydrogens is 354 g/mol. The van der Waals surface area contributed by atoms with Gasteiger partial charge in [-0.1, -0.05) is 35.9 Å². The Bertz CT molecular complexity index is 721. The van der Waals surface area contributed by atoms with Crippen molar-refractivity contribution in [3.8, 4) is 5.75 Å². The molecule has 0 fully saturated rings. The molecule has 5 heteroatoms. The van der Waals surface area contributed by atoms with E-state index in [-0.39, 0.29) is 5.91 Å². The zero-order valence-corrected chi connectivity index (χ0v) is 16.4. The standard InChI is InChI=1S/C20H24ClNO2S/c1-14-7-8-15(2)19(11-14)24-16(3)20(23)22-9-10-25-13-17-5-4-6-18(21)12-17/h4-8,11-12,16H,9-10,13H2,1-3H3,(H,22,23)/t16-/m0/s1. The fraction of sp³-hybridized carbons (Fsp3) is 0.350. The first kappa shape index (κ1) is 19.7. The second kappa shape index (κ2) is 9.73. The Hall–Kier alpha value is -1.65. The van der Waals surface area contributed by atoms with Crippen molar-refractivity contribution in [2.24, 2.45) is 0 Å². The molecule has 134 valence electrons. The molecule has 0 saturated heterocycles. The van der Waals surface area contributed by atoms with Gasteiger partial charge in [0.1, 0.15) is 5.75 Å². The summed E-state index contributed by atoms with van der Waals surface area (Å²) in [7, 11) is 0. The molecule has 1 amide bonds. The van der Waals surface area contributed by atoms with Gasteiger partial charge in [-0.2, -0.15) is 11.8 Å². The number of thioether (sulfide) groups is 1. The van der Waals surface area contributed by atoms with E-state index in [2.05, 4.69) is 11.4 Å². The molecule has 1 N–H and O–H groups in total. The van der Waals surface area contributed by atoms with Gasteiger partial charge in [0.2, 0.25) is 0 Å². The summed E-state index contributed by atoms with van der Waals surface area (Å²) in [6.45, 7) is 6.38. The van der Waals surface area contributed by atoms with Gasteiger partial charge in [0.15, 0.2) is 6.10 Å². The number of aryl methyl sites for hydroxylation is 2. The average Bonchev–Trinajstić information content (AvgIpc) is 2.57. The molecule has 0 heterocycles. The van der Waals surface area contributed by atoms with Crippen LogP contribution in [0, 0.1) is 13.8 Å². The first-order chi connectivity index (χ1) is 12.0. The van der Waals surface area contributed by atoms with E-state index in [9.17, 15) is 4.79 Å². The number of benzene rings is 2. The van der Waals surface area contributed by atoms with Crippen LogP contribution in [-0.2, 0) is 10.5 Å². The molecule has 0 unspecified atom stereocenters. The highest BCUT2D eigenvalue weighted by atomic mass is 35.5. The van der Waals surface area contributed by atoms with Gasteiger partial charge in [-0.05, 0) is 55.7 Å². The predicted octanol–water partition coefficient (Wildman–Crippen LogP) is 4.77. The van der Waals surface area contributed by atoms with Crippen molar-refractivity contribution in [2.75, 3.05) is 12.3 Å². The molecule has 2 aromatic carbocycles. The number of carbonyl (C=O) groups is 1. The van der Waals surface area contributed by atoms with Crippen LogP contribution in [-0.4, -0.2) is 24.3 Å². The topological polar surface area (TPSA) is 38.3 Å². The number of halogens is 1. The minimum absolute atomic E-state index is 0.0933. The molecule has 0 bridgehead atoms. The maximum atomic E-state index is 12.2. The van der Waals surface area contributed by atoms with Gasteiger partial charge in [0, 0.05) is 23.1 Å². The molecule has 0 aromatic heterocycles. The fourth-order valence-corrected chi connectivity index (χ4v) is 3.30. The highest BCUT2D eigenvalue weighted by molar-refractivity contribution is 7.98. The number of rotatable bonds is 8. The van der Waals surface area contributed by atoms with Crippen molar-refractivity contribution in [1.82, 2.24) is 5.32 Å². The molecular formula is C20H24ClNO2S. The summed E-state index contributed by atoms with van der Waals surface area (Å²) in [6, 6.07) is 13.8. The monoisotopic (exact) mass is 377 g/mol. The maximum absolute atomic E-state index is 12.2. The van der Waals surface area contributed by atoms with Crippen LogP contribution in [0.4, 0.5) is 0 Å². The van der Waals surface area contributed by atoms with E-state index in [0.29, 0.717) is 6.54 Å². The van der Waals surface area contributed by atoms with E-state index in [1.165, 1.54) is 5.56 Å². The molecule has 2 aromatic rings.